The van der Waals surface area contributed by atoms with Crippen molar-refractivity contribution in [3.63, 3.8) is 0 Å². The summed E-state index contributed by atoms with van der Waals surface area (Å²) in [7, 11) is 5.18. The molecule has 0 aromatic heterocycles. The molecule has 3 aromatic rings. The number of amides is 1. The first kappa shape index (κ1) is 21.4. The minimum atomic E-state index is 0.0365. The third kappa shape index (κ3) is 5.39. The number of anilines is 1. The zero-order valence-electron chi connectivity index (χ0n) is 17.7. The first-order valence-corrected chi connectivity index (χ1v) is 9.90. The van der Waals surface area contributed by atoms with Crippen LogP contribution in [0.3, 0.4) is 0 Å². The molecule has 30 heavy (non-hydrogen) atoms. The predicted octanol–water partition coefficient (Wildman–Crippen LogP) is 4.37. The molecule has 0 spiro atoms. The van der Waals surface area contributed by atoms with Gasteiger partial charge in [0.25, 0.3) is 0 Å². The Morgan fingerprint density at radius 3 is 2.10 bits per heavy atom. The number of carbonyl (C=O) groups is 1. The molecule has 1 amide bonds. The maximum Gasteiger partial charge on any atom is 0.241 e. The molecule has 0 bridgehead atoms. The number of hydrogen-bond donors (Lipinski definition) is 0. The number of carbonyl (C=O) groups excluding carboxylic acids is 1. The van der Waals surface area contributed by atoms with E-state index in [1.165, 1.54) is 0 Å². The van der Waals surface area contributed by atoms with Gasteiger partial charge in [-0.3, -0.25) is 9.69 Å². The van der Waals surface area contributed by atoms with Gasteiger partial charge in [0.2, 0.25) is 5.91 Å². The van der Waals surface area contributed by atoms with Crippen LogP contribution in [0.25, 0.3) is 0 Å². The number of benzene rings is 3. The van der Waals surface area contributed by atoms with Gasteiger partial charge in [0.15, 0.2) is 11.5 Å². The molecule has 0 unspecified atom stereocenters. The lowest BCUT2D eigenvalue weighted by molar-refractivity contribution is -0.119. The standard InChI is InChI=1S/C25H28N2O3/c1-26(18-21-13-10-16-23(29-2)25(21)30-3)19-24(28)27(22-14-8-5-9-15-22)17-20-11-6-4-7-12-20/h4-16H,17-19H2,1-3H3. The fourth-order valence-electron chi connectivity index (χ4n) is 3.44. The molecule has 0 heterocycles. The molecule has 0 radical (unpaired) electrons. The number of likely N-dealkylation sites (N-methyl/N-ethyl adjacent to an activating group) is 1. The Bertz CT molecular complexity index is 945. The molecule has 0 aliphatic rings. The van der Waals surface area contributed by atoms with E-state index < -0.39 is 0 Å². The average Bonchev–Trinajstić information content (AvgIpc) is 2.78. The van der Waals surface area contributed by atoms with Crippen LogP contribution >= 0.6 is 0 Å². The van der Waals surface area contributed by atoms with Crippen LogP contribution in [0.5, 0.6) is 11.5 Å². The van der Waals surface area contributed by atoms with Crippen LogP contribution in [0.15, 0.2) is 78.9 Å². The van der Waals surface area contributed by atoms with Crippen molar-refractivity contribution in [3.05, 3.63) is 90.0 Å². The van der Waals surface area contributed by atoms with Crippen molar-refractivity contribution in [2.24, 2.45) is 0 Å². The van der Waals surface area contributed by atoms with Crippen molar-refractivity contribution in [1.29, 1.82) is 0 Å². The zero-order chi connectivity index (χ0) is 21.3. The maximum absolute atomic E-state index is 13.3. The largest absolute Gasteiger partial charge is 0.493 e. The summed E-state index contributed by atoms with van der Waals surface area (Å²) in [6.07, 6.45) is 0. The molecule has 3 rings (SSSR count). The number of para-hydroxylation sites is 2. The summed E-state index contributed by atoms with van der Waals surface area (Å²) in [5.74, 6) is 1.42. The Morgan fingerprint density at radius 1 is 0.800 bits per heavy atom. The quantitative estimate of drug-likeness (QED) is 0.531. The molecule has 0 atom stereocenters. The highest BCUT2D eigenvalue weighted by molar-refractivity contribution is 5.94. The summed E-state index contributed by atoms with van der Waals surface area (Å²) in [6.45, 7) is 1.38. The Morgan fingerprint density at radius 2 is 1.47 bits per heavy atom. The molecule has 5 nitrogen and oxygen atoms in total. The summed E-state index contributed by atoms with van der Waals surface area (Å²) >= 11 is 0. The van der Waals surface area contributed by atoms with Crippen LogP contribution in [0.1, 0.15) is 11.1 Å². The van der Waals surface area contributed by atoms with Gasteiger partial charge in [0, 0.05) is 17.8 Å². The van der Waals surface area contributed by atoms with E-state index >= 15 is 0 Å². The molecule has 0 N–H and O–H groups in total. The van der Waals surface area contributed by atoms with Gasteiger partial charge in [-0.2, -0.15) is 0 Å². The zero-order valence-corrected chi connectivity index (χ0v) is 17.7. The SMILES string of the molecule is COc1cccc(CN(C)CC(=O)N(Cc2ccccc2)c2ccccc2)c1OC. The third-order valence-corrected chi connectivity index (χ3v) is 4.88. The van der Waals surface area contributed by atoms with E-state index in [4.69, 9.17) is 9.47 Å². The number of nitrogens with zero attached hydrogens (tertiary/aromatic N) is 2. The highest BCUT2D eigenvalue weighted by Crippen LogP contribution is 2.31. The van der Waals surface area contributed by atoms with Crippen molar-refractivity contribution in [3.8, 4) is 11.5 Å². The first-order chi connectivity index (χ1) is 14.6. The number of hydrogen-bond acceptors (Lipinski definition) is 4. The van der Waals surface area contributed by atoms with Gasteiger partial charge < -0.3 is 14.4 Å². The summed E-state index contributed by atoms with van der Waals surface area (Å²) < 4.78 is 10.9. The Labute approximate surface area is 178 Å². The molecule has 0 aliphatic carbocycles. The highest BCUT2D eigenvalue weighted by atomic mass is 16.5. The monoisotopic (exact) mass is 404 g/mol. The summed E-state index contributed by atoms with van der Waals surface area (Å²) in [5, 5.41) is 0. The topological polar surface area (TPSA) is 42.0 Å². The second-order valence-corrected chi connectivity index (χ2v) is 7.13. The molecule has 5 heteroatoms. The van der Waals surface area contributed by atoms with E-state index in [2.05, 4.69) is 0 Å². The van der Waals surface area contributed by atoms with Crippen LogP contribution in [-0.2, 0) is 17.9 Å². The third-order valence-electron chi connectivity index (χ3n) is 4.88. The van der Waals surface area contributed by atoms with Crippen LogP contribution in [0.4, 0.5) is 5.69 Å². The minimum Gasteiger partial charge on any atom is -0.493 e. The fraction of sp³-hybridized carbons (Fsp3) is 0.240. The van der Waals surface area contributed by atoms with E-state index in [0.29, 0.717) is 24.6 Å². The van der Waals surface area contributed by atoms with E-state index in [1.807, 2.05) is 95.7 Å². The van der Waals surface area contributed by atoms with Crippen molar-refractivity contribution < 1.29 is 14.3 Å². The molecule has 156 valence electrons. The Balaban J connectivity index is 1.75. The van der Waals surface area contributed by atoms with Gasteiger partial charge >= 0.3 is 0 Å². The molecule has 0 aliphatic heterocycles. The van der Waals surface area contributed by atoms with Gasteiger partial charge in [0.05, 0.1) is 27.3 Å². The predicted molar refractivity (Wildman–Crippen MR) is 120 cm³/mol. The van der Waals surface area contributed by atoms with Crippen molar-refractivity contribution in [1.82, 2.24) is 4.90 Å². The molecule has 0 saturated carbocycles. The first-order valence-electron chi connectivity index (χ1n) is 9.90. The minimum absolute atomic E-state index is 0.0365. The highest BCUT2D eigenvalue weighted by Gasteiger charge is 2.19. The fourth-order valence-corrected chi connectivity index (χ4v) is 3.44. The number of rotatable bonds is 9. The lowest BCUT2D eigenvalue weighted by Gasteiger charge is -2.26. The van der Waals surface area contributed by atoms with E-state index in [0.717, 1.165) is 16.8 Å². The summed E-state index contributed by atoms with van der Waals surface area (Å²) in [5.41, 5.74) is 2.95. The van der Waals surface area contributed by atoms with Gasteiger partial charge in [-0.1, -0.05) is 60.7 Å². The van der Waals surface area contributed by atoms with Crippen LogP contribution in [0, 0.1) is 0 Å². The summed E-state index contributed by atoms with van der Waals surface area (Å²) in [6, 6.07) is 25.6. The molecular weight excluding hydrogens is 376 g/mol. The lowest BCUT2D eigenvalue weighted by Crippen LogP contribution is -2.38. The van der Waals surface area contributed by atoms with Crippen LogP contribution in [0.2, 0.25) is 0 Å². The maximum atomic E-state index is 13.3. The van der Waals surface area contributed by atoms with E-state index in [9.17, 15) is 4.79 Å². The van der Waals surface area contributed by atoms with Crippen molar-refractivity contribution in [2.45, 2.75) is 13.1 Å². The normalized spacial score (nSPS) is 10.7. The van der Waals surface area contributed by atoms with Crippen molar-refractivity contribution >= 4 is 11.6 Å². The average molecular weight is 405 g/mol. The Hall–Kier alpha value is -3.31. The van der Waals surface area contributed by atoms with Gasteiger partial charge in [-0.15, -0.1) is 0 Å². The molecule has 3 aromatic carbocycles. The van der Waals surface area contributed by atoms with Crippen LogP contribution in [-0.4, -0.2) is 38.6 Å². The number of methoxy groups -OCH3 is 2. The van der Waals surface area contributed by atoms with E-state index in [1.54, 1.807) is 14.2 Å². The van der Waals surface area contributed by atoms with Gasteiger partial charge in [-0.25, -0.2) is 0 Å². The summed E-state index contributed by atoms with van der Waals surface area (Å²) in [4.78, 5) is 17.1. The van der Waals surface area contributed by atoms with Gasteiger partial charge in [-0.05, 0) is 30.8 Å². The second kappa shape index (κ2) is 10.5. The second-order valence-electron chi connectivity index (χ2n) is 7.13. The smallest absolute Gasteiger partial charge is 0.241 e. The lowest BCUT2D eigenvalue weighted by atomic mass is 10.1. The Kier molecular flexibility index (Phi) is 7.46. The van der Waals surface area contributed by atoms with E-state index in [-0.39, 0.29) is 12.5 Å². The molecule has 0 fully saturated rings. The molecule has 0 saturated heterocycles. The molecular formula is C25H28N2O3. The van der Waals surface area contributed by atoms with Crippen molar-refractivity contribution in [2.75, 3.05) is 32.7 Å². The number of ether oxygens (including phenoxy) is 2. The van der Waals surface area contributed by atoms with Crippen LogP contribution < -0.4 is 14.4 Å². The van der Waals surface area contributed by atoms with Gasteiger partial charge in [0.1, 0.15) is 0 Å².